The zero-order valence-electron chi connectivity index (χ0n) is 20.5. The Morgan fingerprint density at radius 2 is 1.68 bits per heavy atom. The maximum absolute atomic E-state index is 13.0. The molecule has 1 fully saturated rings. The summed E-state index contributed by atoms with van der Waals surface area (Å²) in [5.41, 5.74) is 1.74. The van der Waals surface area contributed by atoms with Gasteiger partial charge in [0.1, 0.15) is 23.9 Å². The van der Waals surface area contributed by atoms with Crippen molar-refractivity contribution >= 4 is 35.5 Å². The molecule has 1 saturated heterocycles. The highest BCUT2D eigenvalue weighted by molar-refractivity contribution is 6.22. The number of hydrogen-bond donors (Lipinski definition) is 3. The van der Waals surface area contributed by atoms with Crippen LogP contribution in [-0.2, 0) is 15.1 Å². The first-order valence-corrected chi connectivity index (χ1v) is 11.8. The van der Waals surface area contributed by atoms with Crippen LogP contribution in [0.2, 0.25) is 0 Å². The van der Waals surface area contributed by atoms with Crippen molar-refractivity contribution in [1.82, 2.24) is 30.5 Å². The fourth-order valence-electron chi connectivity index (χ4n) is 4.44. The van der Waals surface area contributed by atoms with Gasteiger partial charge in [-0.25, -0.2) is 19.7 Å². The summed E-state index contributed by atoms with van der Waals surface area (Å²) in [5.74, 6) is -2.53. The minimum atomic E-state index is -1.09. The molecule has 4 heterocycles. The van der Waals surface area contributed by atoms with Crippen LogP contribution in [0.1, 0.15) is 53.1 Å². The van der Waals surface area contributed by atoms with E-state index in [0.29, 0.717) is 0 Å². The van der Waals surface area contributed by atoms with Gasteiger partial charge in [0.15, 0.2) is 0 Å². The Balaban J connectivity index is 1.27. The molecule has 12 nitrogen and oxygen atoms in total. The summed E-state index contributed by atoms with van der Waals surface area (Å²) >= 11 is 0. The first kappa shape index (κ1) is 24.7. The number of pyridine rings is 1. The lowest BCUT2D eigenvalue weighted by Gasteiger charge is -2.27. The lowest BCUT2D eigenvalue weighted by Crippen LogP contribution is -2.54. The lowest BCUT2D eigenvalue weighted by atomic mass is 9.93. The molecule has 0 radical (unpaired) electrons. The van der Waals surface area contributed by atoms with Crippen molar-refractivity contribution in [3.05, 3.63) is 71.9 Å². The molecule has 2 aromatic heterocycles. The van der Waals surface area contributed by atoms with Crippen LogP contribution in [0, 0.1) is 0 Å². The number of nitrogens with zero attached hydrogens (tertiary/aromatic N) is 4. The van der Waals surface area contributed by atoms with Crippen molar-refractivity contribution in [2.75, 3.05) is 5.32 Å². The number of carbonyl (C=O) groups excluding carboxylic acids is 5. The summed E-state index contributed by atoms with van der Waals surface area (Å²) in [6.45, 7) is 3.67. The van der Waals surface area contributed by atoms with E-state index in [4.69, 9.17) is 0 Å². The third-order valence-electron chi connectivity index (χ3n) is 6.46. The van der Waals surface area contributed by atoms with Crippen LogP contribution in [0.5, 0.6) is 0 Å². The molecule has 0 saturated carbocycles. The maximum atomic E-state index is 13.0. The van der Waals surface area contributed by atoms with Crippen LogP contribution in [0.25, 0.3) is 11.1 Å². The molecule has 1 unspecified atom stereocenters. The SMILES string of the molecule is CC(C)(NC(=O)Nc1ccc2c(n1)C(=O)N(C1CCC(=O)NC1=O)C2=O)c1ccc(-c2cncnc2)cc1. The predicted molar refractivity (Wildman–Crippen MR) is 134 cm³/mol. The van der Waals surface area contributed by atoms with Gasteiger partial charge < -0.3 is 5.32 Å². The zero-order valence-corrected chi connectivity index (χ0v) is 20.5. The molecular formula is C26H23N7O5. The van der Waals surface area contributed by atoms with E-state index in [0.717, 1.165) is 21.6 Å². The van der Waals surface area contributed by atoms with Gasteiger partial charge >= 0.3 is 6.03 Å². The topological polar surface area (TPSA) is 163 Å². The summed E-state index contributed by atoms with van der Waals surface area (Å²) in [4.78, 5) is 75.3. The number of amides is 6. The third-order valence-corrected chi connectivity index (χ3v) is 6.46. The summed E-state index contributed by atoms with van der Waals surface area (Å²) in [7, 11) is 0. The van der Waals surface area contributed by atoms with Crippen LogP contribution in [0.15, 0.2) is 55.1 Å². The molecule has 0 aliphatic carbocycles. The second kappa shape index (κ2) is 9.47. The Labute approximate surface area is 216 Å². The van der Waals surface area contributed by atoms with Gasteiger partial charge in [-0.15, -0.1) is 0 Å². The highest BCUT2D eigenvalue weighted by Crippen LogP contribution is 2.28. The van der Waals surface area contributed by atoms with Crippen LogP contribution >= 0.6 is 0 Å². The Kier molecular flexibility index (Phi) is 6.15. The molecule has 2 aliphatic heterocycles. The van der Waals surface area contributed by atoms with Gasteiger partial charge in [0.05, 0.1) is 11.1 Å². The Morgan fingerprint density at radius 1 is 0.974 bits per heavy atom. The number of aromatic nitrogens is 3. The molecule has 1 atom stereocenters. The Morgan fingerprint density at radius 3 is 2.37 bits per heavy atom. The fourth-order valence-corrected chi connectivity index (χ4v) is 4.44. The summed E-state index contributed by atoms with van der Waals surface area (Å²) < 4.78 is 0. The Hall–Kier alpha value is -5.00. The summed E-state index contributed by atoms with van der Waals surface area (Å²) in [6, 6.07) is 8.73. The highest BCUT2D eigenvalue weighted by Gasteiger charge is 2.45. The molecule has 3 N–H and O–H groups in total. The van der Waals surface area contributed by atoms with Crippen molar-refractivity contribution in [2.24, 2.45) is 0 Å². The number of urea groups is 1. The predicted octanol–water partition coefficient (Wildman–Crippen LogP) is 2.00. The monoisotopic (exact) mass is 513 g/mol. The van der Waals surface area contributed by atoms with Crippen molar-refractivity contribution in [1.29, 1.82) is 0 Å². The molecule has 38 heavy (non-hydrogen) atoms. The van der Waals surface area contributed by atoms with Gasteiger partial charge in [-0.2, -0.15) is 0 Å². The molecule has 6 amide bonds. The second-order valence-electron chi connectivity index (χ2n) is 9.45. The van der Waals surface area contributed by atoms with E-state index in [-0.39, 0.29) is 29.9 Å². The quantitative estimate of drug-likeness (QED) is 0.436. The van der Waals surface area contributed by atoms with E-state index in [2.05, 4.69) is 30.9 Å². The molecule has 3 aromatic rings. The van der Waals surface area contributed by atoms with Crippen molar-refractivity contribution in [3.8, 4) is 11.1 Å². The average Bonchev–Trinajstić information content (AvgIpc) is 3.13. The minimum Gasteiger partial charge on any atom is -0.329 e. The molecular weight excluding hydrogens is 490 g/mol. The first-order chi connectivity index (χ1) is 18.1. The average molecular weight is 514 g/mol. The number of carbonyl (C=O) groups is 5. The standard InChI is InChI=1S/C26H23N7O5/c1-26(2,16-5-3-14(4-6-16)15-11-27-13-28-12-15)32-25(38)30-19-9-7-17-21(29-19)24(37)33(23(17)36)18-8-10-20(34)31-22(18)35/h3-7,9,11-13,18H,8,10H2,1-2H3,(H,31,34,35)(H2,29,30,32,38). The number of hydrogen-bond acceptors (Lipinski definition) is 8. The van der Waals surface area contributed by atoms with E-state index < -0.39 is 41.2 Å². The lowest BCUT2D eigenvalue weighted by molar-refractivity contribution is -0.136. The van der Waals surface area contributed by atoms with Gasteiger partial charge in [0, 0.05) is 24.4 Å². The number of nitrogens with one attached hydrogen (secondary N) is 3. The van der Waals surface area contributed by atoms with Crippen molar-refractivity contribution in [3.63, 3.8) is 0 Å². The van der Waals surface area contributed by atoms with Gasteiger partial charge in [0.25, 0.3) is 11.8 Å². The second-order valence-corrected chi connectivity index (χ2v) is 9.45. The largest absolute Gasteiger partial charge is 0.329 e. The zero-order chi connectivity index (χ0) is 27.0. The van der Waals surface area contributed by atoms with Crippen LogP contribution < -0.4 is 16.0 Å². The van der Waals surface area contributed by atoms with Crippen LogP contribution in [0.3, 0.4) is 0 Å². The van der Waals surface area contributed by atoms with E-state index in [1.165, 1.54) is 18.5 Å². The number of piperidine rings is 1. The van der Waals surface area contributed by atoms with Gasteiger partial charge in [0.2, 0.25) is 11.8 Å². The van der Waals surface area contributed by atoms with Gasteiger partial charge in [-0.3, -0.25) is 34.7 Å². The highest BCUT2D eigenvalue weighted by atomic mass is 16.2. The van der Waals surface area contributed by atoms with Crippen molar-refractivity contribution in [2.45, 2.75) is 38.3 Å². The number of fused-ring (bicyclic) bond motifs is 1. The fraction of sp³-hybridized carbons (Fsp3) is 0.231. The smallest absolute Gasteiger partial charge is 0.321 e. The minimum absolute atomic E-state index is 0.0173. The normalized spacial score (nSPS) is 17.2. The van der Waals surface area contributed by atoms with Crippen molar-refractivity contribution < 1.29 is 24.0 Å². The maximum Gasteiger partial charge on any atom is 0.321 e. The van der Waals surface area contributed by atoms with E-state index in [9.17, 15) is 24.0 Å². The third kappa shape index (κ3) is 4.59. The number of benzene rings is 1. The van der Waals surface area contributed by atoms with E-state index in [1.54, 1.807) is 12.4 Å². The number of rotatable bonds is 5. The van der Waals surface area contributed by atoms with E-state index >= 15 is 0 Å². The molecule has 1 aromatic carbocycles. The summed E-state index contributed by atoms with van der Waals surface area (Å²) in [6.07, 6.45) is 4.94. The number of anilines is 1. The van der Waals surface area contributed by atoms with Crippen LogP contribution in [0.4, 0.5) is 10.6 Å². The van der Waals surface area contributed by atoms with Gasteiger partial charge in [-0.05, 0) is 43.5 Å². The summed E-state index contributed by atoms with van der Waals surface area (Å²) in [5, 5.41) is 7.61. The number of imide groups is 2. The molecule has 192 valence electrons. The van der Waals surface area contributed by atoms with Gasteiger partial charge in [-0.1, -0.05) is 24.3 Å². The first-order valence-electron chi connectivity index (χ1n) is 11.8. The Bertz CT molecular complexity index is 1470. The molecule has 0 bridgehead atoms. The molecule has 2 aliphatic rings. The van der Waals surface area contributed by atoms with E-state index in [1.807, 2.05) is 38.1 Å². The molecule has 5 rings (SSSR count). The molecule has 12 heteroatoms. The van der Waals surface area contributed by atoms with Crippen LogP contribution in [-0.4, -0.2) is 55.6 Å². The molecule has 0 spiro atoms.